The second-order valence-electron chi connectivity index (χ2n) is 5.53. The topological polar surface area (TPSA) is 66.0 Å². The zero-order chi connectivity index (χ0) is 14.5. The van der Waals surface area contributed by atoms with Crippen molar-refractivity contribution in [3.63, 3.8) is 0 Å². The molecule has 100 valence electrons. The number of benzene rings is 1. The van der Waals surface area contributed by atoms with Crippen LogP contribution < -0.4 is 0 Å². The summed E-state index contributed by atoms with van der Waals surface area (Å²) in [4.78, 5) is 0. The van der Waals surface area contributed by atoms with Crippen molar-refractivity contribution < 1.29 is 9.47 Å². The summed E-state index contributed by atoms with van der Waals surface area (Å²) in [6.07, 6.45) is 4.08. The molecule has 0 fully saturated rings. The van der Waals surface area contributed by atoms with Gasteiger partial charge in [0.1, 0.15) is 11.2 Å². The lowest BCUT2D eigenvalue weighted by Crippen LogP contribution is -2.25. The van der Waals surface area contributed by atoms with Gasteiger partial charge in [0.2, 0.25) is 0 Å². The molecule has 0 aliphatic carbocycles. The van der Waals surface area contributed by atoms with Crippen molar-refractivity contribution in [1.29, 1.82) is 10.5 Å². The van der Waals surface area contributed by atoms with E-state index in [-0.39, 0.29) is 0 Å². The highest BCUT2D eigenvalue weighted by molar-refractivity contribution is 5.27. The number of ether oxygens (including phenoxy) is 2. The van der Waals surface area contributed by atoms with Crippen LogP contribution in [0.5, 0.6) is 0 Å². The van der Waals surface area contributed by atoms with Crippen LogP contribution in [0.3, 0.4) is 0 Å². The second kappa shape index (κ2) is 5.63. The molecule has 1 aromatic carbocycles. The Kier molecular flexibility index (Phi) is 4.40. The molecule has 0 saturated carbocycles. The summed E-state index contributed by atoms with van der Waals surface area (Å²) >= 11 is 0. The van der Waals surface area contributed by atoms with Gasteiger partial charge >= 0.3 is 0 Å². The SMILES string of the molecule is CC(C)(Cc1ccc(C(C)(C)OC#N)cc1)OC#N. The average Bonchev–Trinajstić information content (AvgIpc) is 2.28. The lowest BCUT2D eigenvalue weighted by Gasteiger charge is -2.23. The molecule has 0 aliphatic heterocycles. The Morgan fingerprint density at radius 1 is 0.947 bits per heavy atom. The predicted molar refractivity (Wildman–Crippen MR) is 70.6 cm³/mol. The maximum absolute atomic E-state index is 8.61. The molecular formula is C15H18N2O2. The fourth-order valence-corrected chi connectivity index (χ4v) is 1.85. The smallest absolute Gasteiger partial charge is 0.287 e. The summed E-state index contributed by atoms with van der Waals surface area (Å²) in [7, 11) is 0. The number of nitrogens with zero attached hydrogens (tertiary/aromatic N) is 2. The van der Waals surface area contributed by atoms with Crippen LogP contribution in [-0.2, 0) is 21.5 Å². The largest absolute Gasteiger partial charge is 0.421 e. The van der Waals surface area contributed by atoms with Gasteiger partial charge in [0.05, 0.1) is 0 Å². The first kappa shape index (κ1) is 14.9. The van der Waals surface area contributed by atoms with Gasteiger partial charge in [-0.2, -0.15) is 10.5 Å². The molecule has 0 N–H and O–H groups in total. The first-order chi connectivity index (χ1) is 8.80. The molecule has 0 heterocycles. The van der Waals surface area contributed by atoms with E-state index in [0.29, 0.717) is 6.42 Å². The summed E-state index contributed by atoms with van der Waals surface area (Å²) in [5, 5.41) is 17.2. The number of rotatable bonds is 5. The first-order valence-electron chi connectivity index (χ1n) is 6.04. The zero-order valence-corrected chi connectivity index (χ0v) is 11.7. The van der Waals surface area contributed by atoms with Gasteiger partial charge in [0.25, 0.3) is 12.5 Å². The third kappa shape index (κ3) is 4.19. The molecule has 19 heavy (non-hydrogen) atoms. The minimum atomic E-state index is -0.633. The van der Waals surface area contributed by atoms with Gasteiger partial charge < -0.3 is 9.47 Å². The Labute approximate surface area is 114 Å². The minimum Gasteiger partial charge on any atom is -0.421 e. The molecule has 0 amide bonds. The van der Waals surface area contributed by atoms with Crippen LogP contribution in [0.1, 0.15) is 38.8 Å². The lowest BCUT2D eigenvalue weighted by atomic mass is 9.93. The minimum absolute atomic E-state index is 0.519. The highest BCUT2D eigenvalue weighted by Gasteiger charge is 2.23. The average molecular weight is 258 g/mol. The van der Waals surface area contributed by atoms with Crippen LogP contribution in [0.2, 0.25) is 0 Å². The molecule has 0 saturated heterocycles. The van der Waals surface area contributed by atoms with Crippen molar-refractivity contribution in [2.75, 3.05) is 0 Å². The Morgan fingerprint density at radius 3 is 1.95 bits per heavy atom. The van der Waals surface area contributed by atoms with Gasteiger partial charge in [-0.15, -0.1) is 0 Å². The highest BCUT2D eigenvalue weighted by atomic mass is 16.5. The molecule has 0 aromatic heterocycles. The van der Waals surface area contributed by atoms with Crippen LogP contribution in [0.4, 0.5) is 0 Å². The molecule has 1 rings (SSSR count). The molecule has 0 bridgehead atoms. The number of hydrogen-bond acceptors (Lipinski definition) is 4. The van der Waals surface area contributed by atoms with Crippen molar-refractivity contribution in [2.45, 2.75) is 45.3 Å². The van der Waals surface area contributed by atoms with Crippen molar-refractivity contribution in [3.8, 4) is 12.5 Å². The Bertz CT molecular complexity index is 504. The summed E-state index contributed by atoms with van der Waals surface area (Å²) in [6.45, 7) is 7.42. The number of nitriles is 2. The fraction of sp³-hybridized carbons (Fsp3) is 0.467. The molecule has 0 unspecified atom stereocenters. The van der Waals surface area contributed by atoms with E-state index < -0.39 is 11.2 Å². The van der Waals surface area contributed by atoms with Crippen LogP contribution >= 0.6 is 0 Å². The van der Waals surface area contributed by atoms with E-state index in [1.54, 1.807) is 12.5 Å². The van der Waals surface area contributed by atoms with Gasteiger partial charge in [-0.25, -0.2) is 0 Å². The maximum Gasteiger partial charge on any atom is 0.287 e. The molecule has 0 spiro atoms. The molecule has 1 aromatic rings. The van der Waals surface area contributed by atoms with E-state index in [9.17, 15) is 0 Å². The van der Waals surface area contributed by atoms with E-state index >= 15 is 0 Å². The molecule has 0 atom stereocenters. The fourth-order valence-electron chi connectivity index (χ4n) is 1.85. The molecule has 4 nitrogen and oxygen atoms in total. The van der Waals surface area contributed by atoms with Gasteiger partial charge in [-0.3, -0.25) is 0 Å². The molecular weight excluding hydrogens is 240 g/mol. The maximum atomic E-state index is 8.61. The third-order valence-corrected chi connectivity index (χ3v) is 2.90. The lowest BCUT2D eigenvalue weighted by molar-refractivity contribution is 0.0697. The van der Waals surface area contributed by atoms with Gasteiger partial charge in [0.15, 0.2) is 0 Å². The van der Waals surface area contributed by atoms with Crippen LogP contribution in [0, 0.1) is 23.0 Å². The number of hydrogen-bond donors (Lipinski definition) is 0. The quantitative estimate of drug-likeness (QED) is 0.760. The van der Waals surface area contributed by atoms with E-state index in [0.717, 1.165) is 11.1 Å². The van der Waals surface area contributed by atoms with Gasteiger partial charge in [-0.05, 0) is 38.8 Å². The predicted octanol–water partition coefficient (Wildman–Crippen LogP) is 3.24. The van der Waals surface area contributed by atoms with Crippen molar-refractivity contribution in [1.82, 2.24) is 0 Å². The third-order valence-electron chi connectivity index (χ3n) is 2.90. The highest BCUT2D eigenvalue weighted by Crippen LogP contribution is 2.25. The van der Waals surface area contributed by atoms with E-state index in [2.05, 4.69) is 0 Å². The second-order valence-corrected chi connectivity index (χ2v) is 5.53. The Balaban J connectivity index is 2.84. The van der Waals surface area contributed by atoms with Gasteiger partial charge in [0, 0.05) is 6.42 Å². The normalized spacial score (nSPS) is 11.3. The molecule has 0 aliphatic rings. The summed E-state index contributed by atoms with van der Waals surface area (Å²) < 4.78 is 10.0. The van der Waals surface area contributed by atoms with Crippen molar-refractivity contribution >= 4 is 0 Å². The molecule has 4 heteroatoms. The van der Waals surface area contributed by atoms with Gasteiger partial charge in [-0.1, -0.05) is 24.3 Å². The first-order valence-corrected chi connectivity index (χ1v) is 6.04. The van der Waals surface area contributed by atoms with Crippen molar-refractivity contribution in [3.05, 3.63) is 35.4 Å². The van der Waals surface area contributed by atoms with Crippen molar-refractivity contribution in [2.24, 2.45) is 0 Å². The monoisotopic (exact) mass is 258 g/mol. The summed E-state index contributed by atoms with van der Waals surface area (Å²) in [5.74, 6) is 0. The zero-order valence-electron chi connectivity index (χ0n) is 11.7. The van der Waals surface area contributed by atoms with E-state index in [1.165, 1.54) is 0 Å². The van der Waals surface area contributed by atoms with Crippen LogP contribution in [0.15, 0.2) is 24.3 Å². The Morgan fingerprint density at radius 2 is 1.47 bits per heavy atom. The standard InChI is InChI=1S/C15H18N2O2/c1-14(2,18-10-16)9-12-5-7-13(8-6-12)15(3,4)19-11-17/h5-8H,9H2,1-4H3. The van der Waals surface area contributed by atoms with Crippen LogP contribution in [-0.4, -0.2) is 5.60 Å². The molecule has 0 radical (unpaired) electrons. The van der Waals surface area contributed by atoms with E-state index in [4.69, 9.17) is 20.0 Å². The van der Waals surface area contributed by atoms with E-state index in [1.807, 2.05) is 52.0 Å². The summed E-state index contributed by atoms with van der Waals surface area (Å²) in [6, 6.07) is 7.77. The Hall–Kier alpha value is -2.20. The van der Waals surface area contributed by atoms with Crippen LogP contribution in [0.25, 0.3) is 0 Å². The summed E-state index contributed by atoms with van der Waals surface area (Å²) in [5.41, 5.74) is 0.842.